The van der Waals surface area contributed by atoms with Gasteiger partial charge in [-0.3, -0.25) is 9.59 Å². The van der Waals surface area contributed by atoms with Gasteiger partial charge in [0, 0.05) is 17.6 Å². The molecule has 0 radical (unpaired) electrons. The van der Waals surface area contributed by atoms with E-state index in [-0.39, 0.29) is 24.4 Å². The number of rotatable bonds is 3. The van der Waals surface area contributed by atoms with Crippen molar-refractivity contribution in [1.82, 2.24) is 4.90 Å². The van der Waals surface area contributed by atoms with Gasteiger partial charge < -0.3 is 14.4 Å². The Kier molecular flexibility index (Phi) is 4.95. The third kappa shape index (κ3) is 3.55. The molecule has 1 unspecified atom stereocenters. The molecule has 1 amide bonds. The quantitative estimate of drug-likeness (QED) is 0.783. The normalized spacial score (nSPS) is 19.3. The molecule has 0 bridgehead atoms. The van der Waals surface area contributed by atoms with Crippen LogP contribution in [0.15, 0.2) is 15.9 Å². The van der Waals surface area contributed by atoms with Crippen molar-refractivity contribution >= 4 is 39.1 Å². The Morgan fingerprint density at radius 3 is 3.05 bits per heavy atom. The predicted octanol–water partition coefficient (Wildman–Crippen LogP) is 1.91. The summed E-state index contributed by atoms with van der Waals surface area (Å²) in [6, 6.07) is 1.85. The van der Waals surface area contributed by atoms with Gasteiger partial charge in [0.15, 0.2) is 0 Å². The Morgan fingerprint density at radius 1 is 1.63 bits per heavy atom. The van der Waals surface area contributed by atoms with Gasteiger partial charge in [-0.1, -0.05) is 0 Å². The molecule has 1 aromatic rings. The maximum absolute atomic E-state index is 12.3. The number of carbonyl (C=O) groups excluding carboxylic acids is 2. The minimum atomic E-state index is -0.323. The summed E-state index contributed by atoms with van der Waals surface area (Å²) in [6.07, 6.45) is -0.116. The number of carbonyl (C=O) groups is 2. The molecule has 1 aliphatic rings. The van der Waals surface area contributed by atoms with Crippen molar-refractivity contribution in [2.75, 3.05) is 26.8 Å². The van der Waals surface area contributed by atoms with E-state index < -0.39 is 0 Å². The number of ether oxygens (including phenoxy) is 2. The molecular weight excluding hydrogens is 334 g/mol. The highest BCUT2D eigenvalue weighted by Gasteiger charge is 2.28. The Morgan fingerprint density at radius 2 is 2.42 bits per heavy atom. The third-order valence-corrected chi connectivity index (χ3v) is 4.69. The Balaban J connectivity index is 1.99. The number of esters is 1. The molecule has 1 saturated heterocycles. The Bertz CT molecular complexity index is 476. The molecule has 19 heavy (non-hydrogen) atoms. The SMILES string of the molecule is COC(=O)CC1CN(C(=O)c2sccc2Br)CCO1. The molecule has 0 N–H and O–H groups in total. The van der Waals surface area contributed by atoms with Gasteiger partial charge in [0.25, 0.3) is 5.91 Å². The number of halogens is 1. The van der Waals surface area contributed by atoms with Crippen molar-refractivity contribution in [3.8, 4) is 0 Å². The second-order valence-electron chi connectivity index (χ2n) is 4.12. The van der Waals surface area contributed by atoms with Crippen molar-refractivity contribution < 1.29 is 19.1 Å². The van der Waals surface area contributed by atoms with Crippen molar-refractivity contribution in [3.05, 3.63) is 20.8 Å². The number of hydrogen-bond donors (Lipinski definition) is 0. The van der Waals surface area contributed by atoms with E-state index in [0.717, 1.165) is 4.47 Å². The molecule has 0 aliphatic carbocycles. The van der Waals surface area contributed by atoms with Crippen LogP contribution >= 0.6 is 27.3 Å². The maximum atomic E-state index is 12.3. The van der Waals surface area contributed by atoms with Gasteiger partial charge in [-0.2, -0.15) is 0 Å². The second kappa shape index (κ2) is 6.49. The lowest BCUT2D eigenvalue weighted by Crippen LogP contribution is -2.46. The average Bonchev–Trinajstić information content (AvgIpc) is 2.84. The van der Waals surface area contributed by atoms with Gasteiger partial charge in [-0.15, -0.1) is 11.3 Å². The highest BCUT2D eigenvalue weighted by Crippen LogP contribution is 2.25. The largest absolute Gasteiger partial charge is 0.469 e. The smallest absolute Gasteiger partial charge is 0.308 e. The van der Waals surface area contributed by atoms with Gasteiger partial charge in [-0.25, -0.2) is 0 Å². The molecule has 1 aliphatic heterocycles. The summed E-state index contributed by atoms with van der Waals surface area (Å²) in [5, 5.41) is 1.86. The van der Waals surface area contributed by atoms with Crippen LogP contribution in [0.5, 0.6) is 0 Å². The zero-order valence-corrected chi connectivity index (χ0v) is 12.8. The fourth-order valence-corrected chi connectivity index (χ4v) is 3.39. The standard InChI is InChI=1S/C12H14BrNO4S/c1-17-10(15)6-8-7-14(3-4-18-8)12(16)11-9(13)2-5-19-11/h2,5,8H,3-4,6-7H2,1H3. The first kappa shape index (κ1) is 14.5. The second-order valence-corrected chi connectivity index (χ2v) is 5.89. The number of nitrogens with zero attached hydrogens (tertiary/aromatic N) is 1. The third-order valence-electron chi connectivity index (χ3n) is 2.86. The topological polar surface area (TPSA) is 55.8 Å². The molecule has 7 heteroatoms. The van der Waals surface area contributed by atoms with Gasteiger partial charge >= 0.3 is 5.97 Å². The summed E-state index contributed by atoms with van der Waals surface area (Å²) in [4.78, 5) is 25.9. The summed E-state index contributed by atoms with van der Waals surface area (Å²) in [6.45, 7) is 1.40. The Labute approximate surface area is 123 Å². The van der Waals surface area contributed by atoms with Crippen LogP contribution in [0.2, 0.25) is 0 Å². The minimum Gasteiger partial charge on any atom is -0.469 e. The average molecular weight is 348 g/mol. The molecule has 1 fully saturated rings. The highest BCUT2D eigenvalue weighted by atomic mass is 79.9. The monoisotopic (exact) mass is 347 g/mol. The van der Waals surface area contributed by atoms with E-state index in [1.54, 1.807) is 4.90 Å². The summed E-state index contributed by atoms with van der Waals surface area (Å²) in [5.41, 5.74) is 0. The molecule has 104 valence electrons. The van der Waals surface area contributed by atoms with Crippen molar-refractivity contribution in [3.63, 3.8) is 0 Å². The van der Waals surface area contributed by atoms with Crippen LogP contribution in [0, 0.1) is 0 Å². The number of methoxy groups -OCH3 is 1. The lowest BCUT2D eigenvalue weighted by atomic mass is 10.2. The number of hydrogen-bond acceptors (Lipinski definition) is 5. The van der Waals surface area contributed by atoms with Crippen LogP contribution < -0.4 is 0 Å². The first-order valence-corrected chi connectivity index (χ1v) is 7.49. The number of morpholine rings is 1. The summed E-state index contributed by atoms with van der Waals surface area (Å²) in [5.74, 6) is -0.350. The lowest BCUT2D eigenvalue weighted by Gasteiger charge is -2.32. The molecule has 0 spiro atoms. The van der Waals surface area contributed by atoms with E-state index in [1.165, 1.54) is 18.4 Å². The fraction of sp³-hybridized carbons (Fsp3) is 0.500. The summed E-state index contributed by atoms with van der Waals surface area (Å²) < 4.78 is 10.9. The number of thiophene rings is 1. The Hall–Kier alpha value is -0.920. The summed E-state index contributed by atoms with van der Waals surface area (Å²) >= 11 is 4.76. The number of amides is 1. The molecular formula is C12H14BrNO4S. The van der Waals surface area contributed by atoms with Crippen LogP contribution in [0.4, 0.5) is 0 Å². The zero-order chi connectivity index (χ0) is 13.8. The van der Waals surface area contributed by atoms with Crippen LogP contribution in [0.1, 0.15) is 16.1 Å². The molecule has 2 rings (SSSR count). The van der Waals surface area contributed by atoms with E-state index in [2.05, 4.69) is 20.7 Å². The maximum Gasteiger partial charge on any atom is 0.308 e. The van der Waals surface area contributed by atoms with Crippen LogP contribution in [0.3, 0.4) is 0 Å². The van der Waals surface area contributed by atoms with Crippen LogP contribution in [-0.4, -0.2) is 49.7 Å². The molecule has 1 aromatic heterocycles. The summed E-state index contributed by atoms with van der Waals surface area (Å²) in [7, 11) is 1.34. The predicted molar refractivity (Wildman–Crippen MR) is 74.3 cm³/mol. The van der Waals surface area contributed by atoms with E-state index in [4.69, 9.17) is 4.74 Å². The minimum absolute atomic E-state index is 0.0277. The fourth-order valence-electron chi connectivity index (χ4n) is 1.89. The first-order chi connectivity index (χ1) is 9.11. The van der Waals surface area contributed by atoms with Crippen molar-refractivity contribution in [2.24, 2.45) is 0 Å². The van der Waals surface area contributed by atoms with Crippen molar-refractivity contribution in [1.29, 1.82) is 0 Å². The zero-order valence-electron chi connectivity index (χ0n) is 10.4. The molecule has 2 heterocycles. The van der Waals surface area contributed by atoms with Gasteiger partial charge in [-0.05, 0) is 27.4 Å². The molecule has 5 nitrogen and oxygen atoms in total. The van der Waals surface area contributed by atoms with Gasteiger partial charge in [0.1, 0.15) is 4.88 Å². The van der Waals surface area contributed by atoms with Crippen LogP contribution in [0.25, 0.3) is 0 Å². The highest BCUT2D eigenvalue weighted by molar-refractivity contribution is 9.10. The van der Waals surface area contributed by atoms with Gasteiger partial charge in [0.05, 0.1) is 26.2 Å². The van der Waals surface area contributed by atoms with E-state index in [0.29, 0.717) is 24.6 Å². The van der Waals surface area contributed by atoms with E-state index >= 15 is 0 Å². The van der Waals surface area contributed by atoms with Crippen molar-refractivity contribution in [2.45, 2.75) is 12.5 Å². The van der Waals surface area contributed by atoms with E-state index in [1.807, 2.05) is 11.4 Å². The van der Waals surface area contributed by atoms with E-state index in [9.17, 15) is 9.59 Å². The molecule has 1 atom stereocenters. The molecule has 0 aromatic carbocycles. The first-order valence-electron chi connectivity index (χ1n) is 5.82. The van der Waals surface area contributed by atoms with Crippen LogP contribution in [-0.2, 0) is 14.3 Å². The van der Waals surface area contributed by atoms with Gasteiger partial charge in [0.2, 0.25) is 0 Å². The molecule has 0 saturated carbocycles. The lowest BCUT2D eigenvalue weighted by molar-refractivity contribution is -0.145.